The van der Waals surface area contributed by atoms with Gasteiger partial charge in [-0.3, -0.25) is 14.9 Å². The number of nitro benzene ring substituents is 1. The van der Waals surface area contributed by atoms with Crippen LogP contribution < -0.4 is 4.72 Å². The molecule has 0 saturated carbocycles. The molecule has 1 rings (SSSR count). The van der Waals surface area contributed by atoms with E-state index in [1.807, 2.05) is 0 Å². The molecule has 0 aliphatic carbocycles. The molecule has 1 aromatic carbocycles. The lowest BCUT2D eigenvalue weighted by Gasteiger charge is -2.18. The van der Waals surface area contributed by atoms with Crippen molar-refractivity contribution in [2.75, 3.05) is 13.2 Å². The van der Waals surface area contributed by atoms with Crippen LogP contribution in [0.25, 0.3) is 0 Å². The number of halogens is 4. The Morgan fingerprint density at radius 1 is 1.35 bits per heavy atom. The molecule has 0 fully saturated rings. The van der Waals surface area contributed by atoms with Crippen molar-refractivity contribution in [1.29, 1.82) is 0 Å². The third-order valence-corrected chi connectivity index (χ3v) is 4.36. The number of hydrogen-bond donors (Lipinski definition) is 2. The Hall–Kier alpha value is -2.32. The fourth-order valence-corrected chi connectivity index (χ4v) is 2.96. The van der Waals surface area contributed by atoms with Crippen LogP contribution in [0.1, 0.15) is 0 Å². The summed E-state index contributed by atoms with van der Waals surface area (Å²) in [5.74, 6) is -6.42. The minimum Gasteiger partial charge on any atom is -0.480 e. The van der Waals surface area contributed by atoms with E-state index in [2.05, 4.69) is 4.74 Å². The fourth-order valence-electron chi connectivity index (χ4n) is 1.62. The van der Waals surface area contributed by atoms with Crippen LogP contribution in [0.5, 0.6) is 0 Å². The molecule has 1 aromatic rings. The van der Waals surface area contributed by atoms with Gasteiger partial charge in [-0.2, -0.15) is 13.5 Å². The first kappa shape index (κ1) is 21.7. The zero-order valence-corrected chi connectivity index (χ0v) is 13.5. The predicted molar refractivity (Wildman–Crippen MR) is 76.6 cm³/mol. The normalized spacial score (nSPS) is 13.6. The smallest absolute Gasteiger partial charge is 0.330 e. The molecule has 0 heterocycles. The van der Waals surface area contributed by atoms with Gasteiger partial charge in [0.2, 0.25) is 10.0 Å². The van der Waals surface area contributed by atoms with E-state index in [9.17, 15) is 40.9 Å². The van der Waals surface area contributed by atoms with Crippen molar-refractivity contribution in [1.82, 2.24) is 4.72 Å². The molecule has 0 aromatic heterocycles. The molecule has 0 amide bonds. The highest BCUT2D eigenvalue weighted by molar-refractivity contribution is 7.89. The summed E-state index contributed by atoms with van der Waals surface area (Å²) in [6, 6.07) is 1.83. The van der Waals surface area contributed by atoms with E-state index in [1.165, 1.54) is 10.8 Å². The lowest BCUT2D eigenvalue weighted by Crippen LogP contribution is -2.45. The molecule has 9 nitrogen and oxygen atoms in total. The van der Waals surface area contributed by atoms with Crippen molar-refractivity contribution in [3.05, 3.63) is 34.4 Å². The van der Waals surface area contributed by atoms with Crippen molar-refractivity contribution >= 4 is 21.7 Å². The predicted octanol–water partition coefficient (Wildman–Crippen LogP) is 1.24. The lowest BCUT2D eigenvalue weighted by atomic mass is 10.3. The fraction of sp³-hybridized carbons (Fsp3) is 0.417. The molecule has 146 valence electrons. The highest BCUT2D eigenvalue weighted by atomic mass is 32.2. The van der Waals surface area contributed by atoms with Crippen molar-refractivity contribution < 1.29 is 45.5 Å². The molecule has 14 heteroatoms. The minimum atomic E-state index is -4.75. The van der Waals surface area contributed by atoms with Gasteiger partial charge >= 0.3 is 18.3 Å². The highest BCUT2D eigenvalue weighted by Gasteiger charge is 2.41. The molecular weight excluding hydrogens is 392 g/mol. The summed E-state index contributed by atoms with van der Waals surface area (Å²) in [4.78, 5) is 20.0. The van der Waals surface area contributed by atoms with Gasteiger partial charge in [-0.05, 0) is 6.07 Å². The van der Waals surface area contributed by atoms with Gasteiger partial charge in [-0.25, -0.2) is 17.2 Å². The summed E-state index contributed by atoms with van der Waals surface area (Å²) in [7, 11) is -4.75. The first-order chi connectivity index (χ1) is 11.9. The van der Waals surface area contributed by atoms with Gasteiger partial charge in [0.05, 0.1) is 11.5 Å². The number of sulfonamides is 1. The Morgan fingerprint density at radius 3 is 2.42 bits per heavy atom. The third-order valence-electron chi connectivity index (χ3n) is 2.85. The zero-order valence-electron chi connectivity index (χ0n) is 12.6. The average molecular weight is 404 g/mol. The van der Waals surface area contributed by atoms with Crippen LogP contribution in [0, 0.1) is 10.1 Å². The first-order valence-corrected chi connectivity index (χ1v) is 8.09. The first-order valence-electron chi connectivity index (χ1n) is 6.60. The van der Waals surface area contributed by atoms with Gasteiger partial charge in [0.25, 0.3) is 5.69 Å². The molecule has 0 radical (unpaired) electrons. The number of ether oxygens (including phenoxy) is 1. The number of benzene rings is 1. The highest BCUT2D eigenvalue weighted by Crippen LogP contribution is 2.24. The van der Waals surface area contributed by atoms with E-state index in [0.717, 1.165) is 18.2 Å². The van der Waals surface area contributed by atoms with Crippen LogP contribution in [0.15, 0.2) is 29.2 Å². The van der Waals surface area contributed by atoms with Gasteiger partial charge in [-0.1, -0.05) is 12.1 Å². The third kappa shape index (κ3) is 5.60. The van der Waals surface area contributed by atoms with Crippen molar-refractivity contribution in [2.24, 2.45) is 0 Å². The monoisotopic (exact) mass is 404 g/mol. The van der Waals surface area contributed by atoms with Gasteiger partial charge < -0.3 is 9.84 Å². The molecule has 0 aliphatic rings. The maximum absolute atomic E-state index is 12.7. The zero-order chi connectivity index (χ0) is 20.1. The van der Waals surface area contributed by atoms with Crippen LogP contribution in [0.4, 0.5) is 23.2 Å². The number of nitrogens with one attached hydrogen (secondary N) is 1. The summed E-state index contributed by atoms with van der Waals surface area (Å²) in [5, 5.41) is 19.8. The van der Waals surface area contributed by atoms with Gasteiger partial charge in [-0.15, -0.1) is 0 Å². The van der Waals surface area contributed by atoms with Crippen molar-refractivity contribution in [2.45, 2.75) is 23.3 Å². The van der Waals surface area contributed by atoms with Gasteiger partial charge in [0.1, 0.15) is 12.6 Å². The molecule has 26 heavy (non-hydrogen) atoms. The van der Waals surface area contributed by atoms with Crippen LogP contribution in [0.2, 0.25) is 0 Å². The maximum atomic E-state index is 12.7. The molecule has 0 bridgehead atoms. The second-order valence-electron chi connectivity index (χ2n) is 4.81. The maximum Gasteiger partial charge on any atom is 0.330 e. The quantitative estimate of drug-likeness (QED) is 0.340. The Labute approximate surface area is 143 Å². The number of hydrogen-bond acceptors (Lipinski definition) is 6. The second kappa shape index (κ2) is 8.37. The van der Waals surface area contributed by atoms with Crippen LogP contribution in [-0.2, 0) is 19.6 Å². The van der Waals surface area contributed by atoms with Crippen LogP contribution in [0.3, 0.4) is 0 Å². The van der Waals surface area contributed by atoms with E-state index in [-0.39, 0.29) is 0 Å². The Bertz CT molecular complexity index is 773. The average Bonchev–Trinajstić information content (AvgIpc) is 2.53. The minimum absolute atomic E-state index is 0.825. The Kier molecular flexibility index (Phi) is 7.00. The number of para-hydroxylation sites is 1. The summed E-state index contributed by atoms with van der Waals surface area (Å²) >= 11 is 0. The number of carboxylic acid groups (broad SMARTS) is 1. The number of carbonyl (C=O) groups is 1. The molecule has 0 aliphatic heterocycles. The standard InChI is InChI=1S/C12H12F4N2O7S/c13-11(14)12(15,16)6-25-5-7(10(19)20)17-26(23,24)9-4-2-1-3-8(9)18(21)22/h1-4,7,11,17H,5-6H2,(H,19,20). The van der Waals surface area contributed by atoms with Crippen molar-refractivity contribution in [3.63, 3.8) is 0 Å². The number of carboxylic acids is 1. The van der Waals surface area contributed by atoms with Crippen LogP contribution in [-0.4, -0.2) is 56.0 Å². The largest absolute Gasteiger partial charge is 0.480 e. The lowest BCUT2D eigenvalue weighted by molar-refractivity contribution is -0.387. The molecule has 0 saturated heterocycles. The van der Waals surface area contributed by atoms with E-state index < -0.39 is 63.1 Å². The van der Waals surface area contributed by atoms with Crippen LogP contribution >= 0.6 is 0 Å². The number of nitro groups is 1. The molecule has 0 spiro atoms. The Morgan fingerprint density at radius 2 is 1.92 bits per heavy atom. The molecule has 1 atom stereocenters. The molecule has 1 unspecified atom stereocenters. The number of aliphatic carboxylic acids is 1. The number of alkyl halides is 4. The van der Waals surface area contributed by atoms with E-state index in [0.29, 0.717) is 0 Å². The number of nitrogens with zero attached hydrogens (tertiary/aromatic N) is 1. The topological polar surface area (TPSA) is 136 Å². The van der Waals surface area contributed by atoms with E-state index >= 15 is 0 Å². The molecule has 2 N–H and O–H groups in total. The van der Waals surface area contributed by atoms with E-state index in [1.54, 1.807) is 0 Å². The summed E-state index contributed by atoms with van der Waals surface area (Å²) in [6.07, 6.45) is -4.06. The SMILES string of the molecule is O=C(O)C(COCC(F)(F)C(F)F)NS(=O)(=O)c1ccccc1[N+](=O)[O-]. The summed E-state index contributed by atoms with van der Waals surface area (Å²) in [5.41, 5.74) is -0.853. The van der Waals surface area contributed by atoms with Gasteiger partial charge in [0, 0.05) is 6.07 Å². The van der Waals surface area contributed by atoms with Crippen molar-refractivity contribution in [3.8, 4) is 0 Å². The second-order valence-corrected chi connectivity index (χ2v) is 6.50. The summed E-state index contributed by atoms with van der Waals surface area (Å²) in [6.45, 7) is -3.06. The van der Waals surface area contributed by atoms with E-state index in [4.69, 9.17) is 5.11 Å². The Balaban J connectivity index is 2.94. The summed E-state index contributed by atoms with van der Waals surface area (Å²) < 4.78 is 79.4. The molecular formula is C12H12F4N2O7S. The number of rotatable bonds is 10. The van der Waals surface area contributed by atoms with Gasteiger partial charge in [0.15, 0.2) is 4.90 Å².